The molecule has 1 aliphatic rings. The van der Waals surface area contributed by atoms with Crippen molar-refractivity contribution >= 4 is 22.1 Å². The molecule has 60 heavy (non-hydrogen) atoms. The number of rotatable bonds is 40. The fraction of sp³-hybridized carbons (Fsp3) is 0.872. The van der Waals surface area contributed by atoms with Crippen molar-refractivity contribution in [1.29, 1.82) is 0 Å². The number of aliphatic hydroxyl groups is 3. The van der Waals surface area contributed by atoms with E-state index in [1.54, 1.807) is 0 Å². The number of ether oxygens (including phenoxy) is 4. The van der Waals surface area contributed by atoms with Gasteiger partial charge in [-0.05, 0) is 64.2 Å². The lowest BCUT2D eigenvalue weighted by Gasteiger charge is -2.40. The van der Waals surface area contributed by atoms with Crippen molar-refractivity contribution < 1.29 is 56.8 Å². The van der Waals surface area contributed by atoms with Gasteiger partial charge < -0.3 is 34.3 Å². The Bertz CT molecular complexity index is 1210. The molecule has 6 atom stereocenters. The van der Waals surface area contributed by atoms with Crippen LogP contribution in [0.3, 0.4) is 0 Å². The van der Waals surface area contributed by atoms with Crippen LogP contribution in [0.2, 0.25) is 0 Å². The molecule has 1 heterocycles. The molecular weight excluding hydrogens is 789 g/mol. The average molecular weight is 875 g/mol. The SMILES string of the molecule is CCCCCC/C=C/CCCCCCCCCC(=O)O[C@H](COC(=O)CCCCCCCCC/C=C/CCCCCCCC)CO[C@H]1O[C@H](CS(=O)(=O)O)[C@@H](O)C(O)C1O. The first-order valence-corrected chi connectivity index (χ1v) is 25.5. The molecule has 1 fully saturated rings. The number of carbonyl (C=O) groups excluding carboxylic acids is 2. The summed E-state index contributed by atoms with van der Waals surface area (Å²) in [5, 5.41) is 30.9. The summed E-state index contributed by atoms with van der Waals surface area (Å²) in [4.78, 5) is 25.4. The van der Waals surface area contributed by atoms with Gasteiger partial charge in [-0.3, -0.25) is 14.1 Å². The molecule has 0 bridgehead atoms. The smallest absolute Gasteiger partial charge is 0.306 e. The summed E-state index contributed by atoms with van der Waals surface area (Å²) in [6.07, 6.45) is 32.1. The average Bonchev–Trinajstić information content (AvgIpc) is 3.21. The first-order chi connectivity index (χ1) is 29.0. The third-order valence-electron chi connectivity index (χ3n) is 11.0. The molecule has 0 aromatic carbocycles. The van der Waals surface area contributed by atoms with E-state index in [4.69, 9.17) is 18.9 Å². The fourth-order valence-electron chi connectivity index (χ4n) is 7.25. The van der Waals surface area contributed by atoms with Gasteiger partial charge in [0.05, 0.1) is 6.61 Å². The van der Waals surface area contributed by atoms with Crippen LogP contribution < -0.4 is 0 Å². The molecule has 0 aromatic rings. The van der Waals surface area contributed by atoms with E-state index in [0.717, 1.165) is 57.8 Å². The predicted molar refractivity (Wildman–Crippen MR) is 238 cm³/mol. The summed E-state index contributed by atoms with van der Waals surface area (Å²) < 4.78 is 54.1. The molecular formula is C47H86O12S. The Morgan fingerprint density at radius 2 is 0.950 bits per heavy atom. The monoisotopic (exact) mass is 875 g/mol. The second-order valence-electron chi connectivity index (χ2n) is 16.8. The van der Waals surface area contributed by atoms with Crippen molar-refractivity contribution in [3.63, 3.8) is 0 Å². The number of esters is 2. The molecule has 13 heteroatoms. The molecule has 0 aliphatic carbocycles. The van der Waals surface area contributed by atoms with Gasteiger partial charge in [0.25, 0.3) is 10.1 Å². The van der Waals surface area contributed by atoms with Gasteiger partial charge >= 0.3 is 11.9 Å². The predicted octanol–water partition coefficient (Wildman–Crippen LogP) is 10.0. The molecule has 12 nitrogen and oxygen atoms in total. The zero-order chi connectivity index (χ0) is 44.1. The maximum absolute atomic E-state index is 12.8. The van der Waals surface area contributed by atoms with Crippen LogP contribution in [0.5, 0.6) is 0 Å². The van der Waals surface area contributed by atoms with Crippen LogP contribution in [-0.4, -0.2) is 96.0 Å². The zero-order valence-electron chi connectivity index (χ0n) is 37.6. The number of hydrogen-bond acceptors (Lipinski definition) is 11. The fourth-order valence-corrected chi connectivity index (χ4v) is 7.95. The molecule has 1 saturated heterocycles. The number of aliphatic hydroxyl groups excluding tert-OH is 3. The molecule has 0 aromatic heterocycles. The van der Waals surface area contributed by atoms with Crippen LogP contribution >= 0.6 is 0 Å². The van der Waals surface area contributed by atoms with Gasteiger partial charge in [0.2, 0.25) is 0 Å². The van der Waals surface area contributed by atoms with Crippen molar-refractivity contribution in [1.82, 2.24) is 0 Å². The highest BCUT2D eigenvalue weighted by atomic mass is 32.2. The lowest BCUT2D eigenvalue weighted by Crippen LogP contribution is -2.60. The van der Waals surface area contributed by atoms with Gasteiger partial charge in [-0.1, -0.05) is 154 Å². The number of unbranched alkanes of at least 4 members (excludes halogenated alkanes) is 24. The molecule has 1 rings (SSSR count). The molecule has 0 amide bonds. The van der Waals surface area contributed by atoms with Gasteiger partial charge in [-0.25, -0.2) is 0 Å². The minimum atomic E-state index is -4.60. The Balaban J connectivity index is 2.42. The maximum atomic E-state index is 12.8. The Hall–Kier alpha value is -1.87. The third kappa shape index (κ3) is 31.9. The molecule has 0 radical (unpaired) electrons. The third-order valence-corrected chi connectivity index (χ3v) is 11.8. The van der Waals surface area contributed by atoms with E-state index < -0.39 is 71.2 Å². The van der Waals surface area contributed by atoms with Gasteiger partial charge in [-0.15, -0.1) is 0 Å². The number of carbonyl (C=O) groups is 2. The topological polar surface area (TPSA) is 186 Å². The zero-order valence-corrected chi connectivity index (χ0v) is 38.4. The van der Waals surface area contributed by atoms with Crippen LogP contribution in [0.1, 0.15) is 206 Å². The lowest BCUT2D eigenvalue weighted by atomic mass is 10.00. The van der Waals surface area contributed by atoms with Crippen LogP contribution in [0.4, 0.5) is 0 Å². The molecule has 4 N–H and O–H groups in total. The normalized spacial score (nSPS) is 20.3. The largest absolute Gasteiger partial charge is 0.462 e. The van der Waals surface area contributed by atoms with Crippen LogP contribution in [0.15, 0.2) is 24.3 Å². The molecule has 0 saturated carbocycles. The van der Waals surface area contributed by atoms with E-state index in [2.05, 4.69) is 38.2 Å². The lowest BCUT2D eigenvalue weighted by molar-refractivity contribution is -0.297. The molecule has 1 aliphatic heterocycles. The second kappa shape index (κ2) is 37.7. The molecule has 352 valence electrons. The minimum Gasteiger partial charge on any atom is -0.462 e. The standard InChI is InChI=1S/C47H86O12S/c1-3-5-7-9-11-13-15-17-19-20-22-23-25-27-29-31-33-35-42(48)56-37-40(38-57-47-46(52)45(51)44(50)41(59-47)39-60(53,54)55)58-43(49)36-34-32-30-28-26-24-21-18-16-14-12-10-8-6-4-2/h14,16-17,19,40-41,44-47,50-52H,3-13,15,18,20-39H2,1-2H3,(H,53,54,55)/b16-14+,19-17+/t40-,41-,44-,45?,46?,47+/m1/s1. The van der Waals surface area contributed by atoms with Crippen molar-refractivity contribution in [3.05, 3.63) is 24.3 Å². The highest BCUT2D eigenvalue weighted by Gasteiger charge is 2.46. The van der Waals surface area contributed by atoms with Crippen molar-refractivity contribution in [3.8, 4) is 0 Å². The van der Waals surface area contributed by atoms with E-state index in [1.165, 1.54) is 109 Å². The Labute approximate surface area is 364 Å². The van der Waals surface area contributed by atoms with Gasteiger partial charge in [-0.2, -0.15) is 8.42 Å². The Morgan fingerprint density at radius 1 is 0.550 bits per heavy atom. The van der Waals surface area contributed by atoms with Crippen LogP contribution in [0, 0.1) is 0 Å². The van der Waals surface area contributed by atoms with E-state index in [0.29, 0.717) is 12.8 Å². The molecule has 0 spiro atoms. The van der Waals surface area contributed by atoms with E-state index in [9.17, 15) is 37.9 Å². The second-order valence-corrected chi connectivity index (χ2v) is 18.3. The Kier molecular flexibility index (Phi) is 35.2. The van der Waals surface area contributed by atoms with E-state index in [1.807, 2.05) is 0 Å². The van der Waals surface area contributed by atoms with Gasteiger partial charge in [0, 0.05) is 12.8 Å². The summed E-state index contributed by atoms with van der Waals surface area (Å²) in [6, 6.07) is 0. The first kappa shape index (κ1) is 56.1. The highest BCUT2D eigenvalue weighted by Crippen LogP contribution is 2.24. The summed E-state index contributed by atoms with van der Waals surface area (Å²) in [6.45, 7) is 3.75. The van der Waals surface area contributed by atoms with Gasteiger partial charge in [0.1, 0.15) is 36.8 Å². The maximum Gasteiger partial charge on any atom is 0.306 e. The van der Waals surface area contributed by atoms with E-state index in [-0.39, 0.29) is 19.4 Å². The minimum absolute atomic E-state index is 0.160. The van der Waals surface area contributed by atoms with Crippen LogP contribution in [0.25, 0.3) is 0 Å². The van der Waals surface area contributed by atoms with Crippen molar-refractivity contribution in [2.45, 2.75) is 243 Å². The quantitative estimate of drug-likeness (QED) is 0.0198. The van der Waals surface area contributed by atoms with Gasteiger partial charge in [0.15, 0.2) is 12.4 Å². The number of hydrogen-bond donors (Lipinski definition) is 4. The van der Waals surface area contributed by atoms with Crippen molar-refractivity contribution in [2.75, 3.05) is 19.0 Å². The molecule has 2 unspecified atom stereocenters. The number of allylic oxidation sites excluding steroid dienone is 4. The highest BCUT2D eigenvalue weighted by molar-refractivity contribution is 7.85. The Morgan fingerprint density at radius 3 is 1.40 bits per heavy atom. The summed E-state index contributed by atoms with van der Waals surface area (Å²) >= 11 is 0. The first-order valence-electron chi connectivity index (χ1n) is 23.9. The summed E-state index contributed by atoms with van der Waals surface area (Å²) in [7, 11) is -4.60. The van der Waals surface area contributed by atoms with Crippen molar-refractivity contribution in [2.24, 2.45) is 0 Å². The summed E-state index contributed by atoms with van der Waals surface area (Å²) in [5.41, 5.74) is 0. The van der Waals surface area contributed by atoms with E-state index >= 15 is 0 Å². The van der Waals surface area contributed by atoms with Crippen LogP contribution in [-0.2, 0) is 38.7 Å². The summed E-state index contributed by atoms with van der Waals surface area (Å²) in [5.74, 6) is -1.99.